The van der Waals surface area contributed by atoms with Gasteiger partial charge in [0.15, 0.2) is 0 Å². The second-order valence-electron chi connectivity index (χ2n) is 5.47. The molecule has 0 heterocycles. The number of rotatable bonds is 5. The van der Waals surface area contributed by atoms with Gasteiger partial charge in [0, 0.05) is 13.1 Å². The Morgan fingerprint density at radius 3 is 2.35 bits per heavy atom. The summed E-state index contributed by atoms with van der Waals surface area (Å²) in [4.78, 5) is 2.23. The first-order valence-corrected chi connectivity index (χ1v) is 6.08. The summed E-state index contributed by atoms with van der Waals surface area (Å²) in [7, 11) is 2.08. The largest absolute Gasteiger partial charge is 0.304 e. The van der Waals surface area contributed by atoms with E-state index in [0.717, 1.165) is 19.5 Å². The second-order valence-corrected chi connectivity index (χ2v) is 5.47. The highest BCUT2D eigenvalue weighted by Crippen LogP contribution is 2.14. The molecule has 0 aliphatic carbocycles. The topological polar surface area (TPSA) is 27.0 Å². The molecule has 92 valence electrons. The van der Waals surface area contributed by atoms with E-state index in [2.05, 4.69) is 49.2 Å². The van der Waals surface area contributed by atoms with E-state index in [9.17, 15) is 0 Å². The van der Waals surface area contributed by atoms with Gasteiger partial charge in [0.2, 0.25) is 0 Å². The van der Waals surface area contributed by atoms with E-state index < -0.39 is 0 Å². The molecule has 1 aromatic carbocycles. The Kier molecular flexibility index (Phi) is 4.72. The molecule has 2 heteroatoms. The number of aryl methyl sites for hydroxylation is 1. The number of nitrogens with zero attached hydrogens (tertiary/aromatic N) is 2. The van der Waals surface area contributed by atoms with Crippen molar-refractivity contribution in [1.82, 2.24) is 4.90 Å². The van der Waals surface area contributed by atoms with E-state index in [-0.39, 0.29) is 5.41 Å². The molecule has 0 fully saturated rings. The molecule has 0 saturated heterocycles. The Balaban J connectivity index is 2.41. The molecule has 0 radical (unpaired) electrons. The molecular weight excluding hydrogens is 208 g/mol. The van der Waals surface area contributed by atoms with Crippen LogP contribution in [-0.2, 0) is 6.42 Å². The van der Waals surface area contributed by atoms with Crippen LogP contribution < -0.4 is 0 Å². The van der Waals surface area contributed by atoms with Crippen molar-refractivity contribution < 1.29 is 0 Å². The second kappa shape index (κ2) is 5.84. The molecule has 1 rings (SSSR count). The molecule has 17 heavy (non-hydrogen) atoms. The lowest BCUT2D eigenvalue weighted by Crippen LogP contribution is -2.31. The van der Waals surface area contributed by atoms with Crippen molar-refractivity contribution in [3.63, 3.8) is 0 Å². The zero-order chi connectivity index (χ0) is 12.9. The molecule has 0 N–H and O–H groups in total. The third kappa shape index (κ3) is 5.01. The van der Waals surface area contributed by atoms with Crippen LogP contribution in [-0.4, -0.2) is 25.0 Å². The highest BCUT2D eigenvalue weighted by molar-refractivity contribution is 5.21. The lowest BCUT2D eigenvalue weighted by Gasteiger charge is -2.24. The van der Waals surface area contributed by atoms with E-state index in [1.165, 1.54) is 11.1 Å². The van der Waals surface area contributed by atoms with Crippen molar-refractivity contribution in [1.29, 1.82) is 5.26 Å². The Labute approximate surface area is 105 Å². The SMILES string of the molecule is Cc1ccc(CCN(C)CC(C)(C)C#N)cc1. The minimum absolute atomic E-state index is 0.262. The molecule has 1 aromatic rings. The summed E-state index contributed by atoms with van der Waals surface area (Å²) in [5.41, 5.74) is 2.40. The maximum absolute atomic E-state index is 8.98. The summed E-state index contributed by atoms with van der Waals surface area (Å²) < 4.78 is 0. The van der Waals surface area contributed by atoms with Crippen molar-refractivity contribution in [2.24, 2.45) is 5.41 Å². The van der Waals surface area contributed by atoms with Crippen LogP contribution in [0, 0.1) is 23.7 Å². The van der Waals surface area contributed by atoms with Gasteiger partial charge in [-0.3, -0.25) is 0 Å². The molecule has 0 saturated carbocycles. The van der Waals surface area contributed by atoms with Gasteiger partial charge < -0.3 is 4.90 Å². The van der Waals surface area contributed by atoms with Gasteiger partial charge in [-0.1, -0.05) is 29.8 Å². The zero-order valence-corrected chi connectivity index (χ0v) is 11.3. The normalized spacial score (nSPS) is 11.5. The van der Waals surface area contributed by atoms with E-state index >= 15 is 0 Å². The lowest BCUT2D eigenvalue weighted by atomic mass is 9.95. The van der Waals surface area contributed by atoms with Gasteiger partial charge >= 0.3 is 0 Å². The lowest BCUT2D eigenvalue weighted by molar-refractivity contribution is 0.258. The van der Waals surface area contributed by atoms with Gasteiger partial charge in [0.05, 0.1) is 11.5 Å². The fraction of sp³-hybridized carbons (Fsp3) is 0.533. The van der Waals surface area contributed by atoms with Gasteiger partial charge in [-0.05, 0) is 39.8 Å². The van der Waals surface area contributed by atoms with Gasteiger partial charge in [0.25, 0.3) is 0 Å². The maximum atomic E-state index is 8.98. The molecule has 0 spiro atoms. The number of likely N-dealkylation sites (N-methyl/N-ethyl adjacent to an activating group) is 1. The van der Waals surface area contributed by atoms with Crippen LogP contribution >= 0.6 is 0 Å². The van der Waals surface area contributed by atoms with Gasteiger partial charge in [-0.15, -0.1) is 0 Å². The highest BCUT2D eigenvalue weighted by atomic mass is 15.1. The van der Waals surface area contributed by atoms with Crippen LogP contribution in [0.5, 0.6) is 0 Å². The van der Waals surface area contributed by atoms with E-state index in [0.29, 0.717) is 0 Å². The monoisotopic (exact) mass is 230 g/mol. The van der Waals surface area contributed by atoms with Crippen LogP contribution in [0.1, 0.15) is 25.0 Å². The average molecular weight is 230 g/mol. The van der Waals surface area contributed by atoms with Crippen LogP contribution in [0.15, 0.2) is 24.3 Å². The summed E-state index contributed by atoms with van der Waals surface area (Å²) in [6, 6.07) is 11.0. The van der Waals surface area contributed by atoms with Crippen molar-refractivity contribution in [2.45, 2.75) is 27.2 Å². The van der Waals surface area contributed by atoms with Crippen LogP contribution in [0.2, 0.25) is 0 Å². The summed E-state index contributed by atoms with van der Waals surface area (Å²) in [5.74, 6) is 0. The molecule has 0 aliphatic heterocycles. The first-order valence-electron chi connectivity index (χ1n) is 6.08. The standard InChI is InChI=1S/C15H22N2/c1-13-5-7-14(8-6-13)9-10-17(4)12-15(2,3)11-16/h5-8H,9-10,12H2,1-4H3. The van der Waals surface area contributed by atoms with Gasteiger partial charge in [-0.2, -0.15) is 5.26 Å². The molecule has 0 aromatic heterocycles. The molecule has 0 bridgehead atoms. The molecule has 0 unspecified atom stereocenters. The quantitative estimate of drug-likeness (QED) is 0.777. The third-order valence-corrected chi connectivity index (χ3v) is 2.87. The predicted molar refractivity (Wildman–Crippen MR) is 71.8 cm³/mol. The van der Waals surface area contributed by atoms with E-state index in [1.807, 2.05) is 13.8 Å². The first kappa shape index (κ1) is 13.7. The maximum Gasteiger partial charge on any atom is 0.0697 e. The fourth-order valence-corrected chi connectivity index (χ4v) is 1.86. The van der Waals surface area contributed by atoms with E-state index in [1.54, 1.807) is 0 Å². The number of nitriles is 1. The molecular formula is C15H22N2. The molecule has 0 amide bonds. The third-order valence-electron chi connectivity index (χ3n) is 2.87. The van der Waals surface area contributed by atoms with Crippen LogP contribution in [0.25, 0.3) is 0 Å². The Morgan fingerprint density at radius 2 is 1.82 bits per heavy atom. The predicted octanol–water partition coefficient (Wildman–Crippen LogP) is 3.02. The summed E-state index contributed by atoms with van der Waals surface area (Å²) in [6.07, 6.45) is 1.04. The summed E-state index contributed by atoms with van der Waals surface area (Å²) >= 11 is 0. The van der Waals surface area contributed by atoms with Gasteiger partial charge in [-0.25, -0.2) is 0 Å². The smallest absolute Gasteiger partial charge is 0.0697 e. The molecule has 2 nitrogen and oxygen atoms in total. The van der Waals surface area contributed by atoms with Crippen molar-refractivity contribution in [2.75, 3.05) is 20.1 Å². The fourth-order valence-electron chi connectivity index (χ4n) is 1.86. The number of benzene rings is 1. The Morgan fingerprint density at radius 1 is 1.24 bits per heavy atom. The van der Waals surface area contributed by atoms with Crippen molar-refractivity contribution in [3.8, 4) is 6.07 Å². The zero-order valence-electron chi connectivity index (χ0n) is 11.3. The Hall–Kier alpha value is -1.33. The Bertz CT molecular complexity index is 384. The van der Waals surface area contributed by atoms with Crippen LogP contribution in [0.4, 0.5) is 0 Å². The summed E-state index contributed by atoms with van der Waals surface area (Å²) in [5, 5.41) is 8.98. The average Bonchev–Trinajstić information content (AvgIpc) is 2.28. The number of hydrogen-bond acceptors (Lipinski definition) is 2. The summed E-state index contributed by atoms with van der Waals surface area (Å²) in [6.45, 7) is 7.87. The molecule has 0 aliphatic rings. The van der Waals surface area contributed by atoms with Gasteiger partial charge in [0.1, 0.15) is 0 Å². The first-order chi connectivity index (χ1) is 7.93. The minimum Gasteiger partial charge on any atom is -0.304 e. The minimum atomic E-state index is -0.262. The van der Waals surface area contributed by atoms with Crippen molar-refractivity contribution in [3.05, 3.63) is 35.4 Å². The molecule has 0 atom stereocenters. The van der Waals surface area contributed by atoms with E-state index in [4.69, 9.17) is 5.26 Å². The number of hydrogen-bond donors (Lipinski definition) is 0. The van der Waals surface area contributed by atoms with Crippen molar-refractivity contribution >= 4 is 0 Å². The highest BCUT2D eigenvalue weighted by Gasteiger charge is 2.18. The van der Waals surface area contributed by atoms with Crippen LogP contribution in [0.3, 0.4) is 0 Å².